The fourth-order valence-electron chi connectivity index (χ4n) is 1.70. The first-order chi connectivity index (χ1) is 7.86. The third-order valence-corrected chi connectivity index (χ3v) is 3.53. The van der Waals surface area contributed by atoms with E-state index in [4.69, 9.17) is 5.41 Å². The number of nitrogens with one attached hydrogen (secondary N) is 1. The third kappa shape index (κ3) is 2.04. The van der Waals surface area contributed by atoms with Crippen molar-refractivity contribution in [3.63, 3.8) is 0 Å². The van der Waals surface area contributed by atoms with Gasteiger partial charge in [-0.05, 0) is 31.2 Å². The summed E-state index contributed by atoms with van der Waals surface area (Å²) in [6.45, 7) is 3.12. The Hall–Kier alpha value is -1.48. The van der Waals surface area contributed by atoms with Crippen molar-refractivity contribution < 1.29 is 0 Å². The predicted molar refractivity (Wildman–Crippen MR) is 71.3 cm³/mol. The first-order valence-corrected chi connectivity index (χ1v) is 6.10. The number of rotatable bonds is 3. The average Bonchev–Trinajstić information content (AvgIpc) is 2.67. The van der Waals surface area contributed by atoms with Gasteiger partial charge >= 0.3 is 0 Å². The highest BCUT2D eigenvalue weighted by Gasteiger charge is 2.22. The Bertz CT molecular complexity index is 449. The van der Waals surface area contributed by atoms with E-state index in [2.05, 4.69) is 42.2 Å². The number of allylic oxidation sites excluding steroid dienone is 3. The van der Waals surface area contributed by atoms with Crippen LogP contribution in [0.2, 0.25) is 0 Å². The molecule has 1 N–H and O–H groups in total. The quantitative estimate of drug-likeness (QED) is 0.802. The molecule has 0 aliphatic carbocycles. The van der Waals surface area contributed by atoms with Gasteiger partial charge in [0, 0.05) is 17.7 Å². The Kier molecular flexibility index (Phi) is 3.47. The molecular weight excluding hydrogens is 216 g/mol. The largest absolute Gasteiger partial charge is 0.335 e. The highest BCUT2D eigenvalue weighted by Crippen LogP contribution is 2.45. The fraction of sp³-hybridized carbons (Fsp3) is 0.154. The van der Waals surface area contributed by atoms with Crippen molar-refractivity contribution >= 4 is 23.7 Å². The maximum atomic E-state index is 6.94. The molecule has 82 valence electrons. The molecule has 0 saturated carbocycles. The lowest BCUT2D eigenvalue weighted by atomic mass is 10.3. The summed E-state index contributed by atoms with van der Waals surface area (Å²) >= 11 is 1.78. The monoisotopic (exact) mass is 230 g/mol. The molecule has 1 aromatic rings. The van der Waals surface area contributed by atoms with Gasteiger partial charge in [-0.2, -0.15) is 0 Å². The molecular formula is C13H14N2S. The minimum atomic E-state index is 0.967. The van der Waals surface area contributed by atoms with Crippen LogP contribution in [0.25, 0.3) is 0 Å². The van der Waals surface area contributed by atoms with Gasteiger partial charge in [-0.3, -0.25) is 0 Å². The molecule has 0 aromatic heterocycles. The molecule has 16 heavy (non-hydrogen) atoms. The van der Waals surface area contributed by atoms with Crippen molar-refractivity contribution in [2.75, 3.05) is 11.4 Å². The van der Waals surface area contributed by atoms with Crippen molar-refractivity contribution in [2.45, 2.75) is 11.8 Å². The molecule has 1 aliphatic rings. The second-order valence-corrected chi connectivity index (χ2v) is 4.43. The molecule has 0 radical (unpaired) electrons. The Labute approximate surface area is 100 Å². The highest BCUT2D eigenvalue weighted by atomic mass is 32.2. The number of fused-ring (bicyclic) bond motifs is 1. The number of benzene rings is 1. The van der Waals surface area contributed by atoms with Gasteiger partial charge in [-0.1, -0.05) is 30.0 Å². The molecule has 0 saturated heterocycles. The summed E-state index contributed by atoms with van der Waals surface area (Å²) in [5.41, 5.74) is 1.28. The second-order valence-electron chi connectivity index (χ2n) is 3.37. The second kappa shape index (κ2) is 5.03. The number of nitrogens with zero attached hydrogens (tertiary/aromatic N) is 1. The van der Waals surface area contributed by atoms with Crippen LogP contribution in [0.4, 0.5) is 5.69 Å². The molecule has 3 heteroatoms. The molecule has 0 amide bonds. The lowest BCUT2D eigenvalue weighted by Gasteiger charge is -2.17. The summed E-state index contributed by atoms with van der Waals surface area (Å²) in [6, 6.07) is 8.42. The van der Waals surface area contributed by atoms with Crippen LogP contribution in [0.3, 0.4) is 0 Å². The van der Waals surface area contributed by atoms with Crippen molar-refractivity contribution in [3.05, 3.63) is 47.5 Å². The van der Waals surface area contributed by atoms with Gasteiger partial charge in [0.25, 0.3) is 0 Å². The summed E-state index contributed by atoms with van der Waals surface area (Å²) in [5.74, 6) is 0. The Morgan fingerprint density at radius 3 is 2.88 bits per heavy atom. The van der Waals surface area contributed by atoms with E-state index in [1.807, 2.05) is 6.08 Å². The van der Waals surface area contributed by atoms with Gasteiger partial charge in [0.1, 0.15) is 0 Å². The van der Waals surface area contributed by atoms with Gasteiger partial charge in [-0.15, -0.1) is 0 Å². The summed E-state index contributed by atoms with van der Waals surface area (Å²) in [7, 11) is 0. The zero-order valence-electron chi connectivity index (χ0n) is 9.18. The molecule has 2 rings (SSSR count). The number of hydrogen-bond donors (Lipinski definition) is 1. The van der Waals surface area contributed by atoms with Crippen LogP contribution < -0.4 is 4.90 Å². The summed E-state index contributed by atoms with van der Waals surface area (Å²) in [5, 5.41) is 8.16. The van der Waals surface area contributed by atoms with E-state index in [0.717, 1.165) is 6.54 Å². The van der Waals surface area contributed by atoms with Gasteiger partial charge in [0.2, 0.25) is 0 Å². The maximum absolute atomic E-state index is 6.94. The van der Waals surface area contributed by atoms with Crippen molar-refractivity contribution in [1.29, 1.82) is 5.41 Å². The van der Waals surface area contributed by atoms with Gasteiger partial charge in [0.05, 0.1) is 10.7 Å². The predicted octanol–water partition coefficient (Wildman–Crippen LogP) is 3.67. The molecule has 0 unspecified atom stereocenters. The zero-order chi connectivity index (χ0) is 11.4. The summed E-state index contributed by atoms with van der Waals surface area (Å²) < 4.78 is 0. The minimum absolute atomic E-state index is 0.967. The Morgan fingerprint density at radius 1 is 1.31 bits per heavy atom. The third-order valence-electron chi connectivity index (χ3n) is 2.40. The lowest BCUT2D eigenvalue weighted by Crippen LogP contribution is -2.16. The lowest BCUT2D eigenvalue weighted by molar-refractivity contribution is 1.00. The maximum Gasteiger partial charge on any atom is 0.0801 e. The van der Waals surface area contributed by atoms with Crippen LogP contribution in [0.15, 0.2) is 52.4 Å². The van der Waals surface area contributed by atoms with E-state index in [9.17, 15) is 0 Å². The standard InChI is InChI=1S/C13H14N2S/c1-2-15-11-7-3-4-8-12(11)16-13(15)9-5-6-10-14/h3-10,14H,2H2,1H3/b6-5+,13-9+,14-10?. The van der Waals surface area contributed by atoms with E-state index in [1.165, 1.54) is 21.8 Å². The molecule has 0 spiro atoms. The molecule has 2 nitrogen and oxygen atoms in total. The molecule has 0 bridgehead atoms. The van der Waals surface area contributed by atoms with Crippen molar-refractivity contribution in [3.8, 4) is 0 Å². The van der Waals surface area contributed by atoms with Crippen molar-refractivity contribution in [1.82, 2.24) is 0 Å². The van der Waals surface area contributed by atoms with Crippen LogP contribution in [0.1, 0.15) is 6.92 Å². The van der Waals surface area contributed by atoms with E-state index in [0.29, 0.717) is 0 Å². The van der Waals surface area contributed by atoms with E-state index in [1.54, 1.807) is 17.8 Å². The van der Waals surface area contributed by atoms with Crippen LogP contribution in [0, 0.1) is 5.41 Å². The van der Waals surface area contributed by atoms with Gasteiger partial charge in [-0.25, -0.2) is 0 Å². The molecule has 1 heterocycles. The number of para-hydroxylation sites is 1. The first kappa shape index (κ1) is 11.0. The highest BCUT2D eigenvalue weighted by molar-refractivity contribution is 8.03. The molecule has 1 aromatic carbocycles. The summed E-state index contributed by atoms with van der Waals surface area (Å²) in [6.07, 6.45) is 6.98. The van der Waals surface area contributed by atoms with Crippen LogP contribution in [-0.2, 0) is 0 Å². The van der Waals surface area contributed by atoms with Crippen LogP contribution >= 0.6 is 11.8 Å². The van der Waals surface area contributed by atoms with Crippen molar-refractivity contribution in [2.24, 2.45) is 0 Å². The molecule has 0 fully saturated rings. The van der Waals surface area contributed by atoms with E-state index >= 15 is 0 Å². The fourth-order valence-corrected chi connectivity index (χ4v) is 2.84. The van der Waals surface area contributed by atoms with E-state index in [-0.39, 0.29) is 0 Å². The summed E-state index contributed by atoms with van der Waals surface area (Å²) in [4.78, 5) is 3.59. The molecule has 1 aliphatic heterocycles. The molecule has 0 atom stereocenters. The van der Waals surface area contributed by atoms with Crippen LogP contribution in [0.5, 0.6) is 0 Å². The van der Waals surface area contributed by atoms with Gasteiger partial charge < -0.3 is 10.3 Å². The average molecular weight is 230 g/mol. The smallest absolute Gasteiger partial charge is 0.0801 e. The Morgan fingerprint density at radius 2 is 2.12 bits per heavy atom. The SMILES string of the molecule is CCN1/C(=C\C=C\C=N)Sc2ccccc21. The number of hydrogen-bond acceptors (Lipinski definition) is 3. The van der Waals surface area contributed by atoms with Gasteiger partial charge in [0.15, 0.2) is 0 Å². The topological polar surface area (TPSA) is 27.1 Å². The minimum Gasteiger partial charge on any atom is -0.335 e. The number of thioether (sulfide) groups is 1. The zero-order valence-corrected chi connectivity index (χ0v) is 10.00. The number of anilines is 1. The first-order valence-electron chi connectivity index (χ1n) is 5.28. The Balaban J connectivity index is 2.30. The van der Waals surface area contributed by atoms with Crippen LogP contribution in [-0.4, -0.2) is 12.8 Å². The normalized spacial score (nSPS) is 17.1. The van der Waals surface area contributed by atoms with E-state index < -0.39 is 0 Å².